The quantitative estimate of drug-likeness (QED) is 0.388. The summed E-state index contributed by atoms with van der Waals surface area (Å²) in [5, 5.41) is 13.2. The first-order valence-electron chi connectivity index (χ1n) is 11.6. The monoisotopic (exact) mass is 500 g/mol. The van der Waals surface area contributed by atoms with Crippen LogP contribution in [0.4, 0.5) is 8.78 Å². The summed E-state index contributed by atoms with van der Waals surface area (Å²) in [4.78, 5) is 30.6. The molecule has 5 rings (SSSR count). The summed E-state index contributed by atoms with van der Waals surface area (Å²) in [6, 6.07) is 15.4. The average Bonchev–Trinajstić information content (AvgIpc) is 3.49. The Hall–Kier alpha value is -4.58. The molecule has 0 saturated carbocycles. The van der Waals surface area contributed by atoms with Crippen molar-refractivity contribution in [2.45, 2.75) is 25.3 Å². The summed E-state index contributed by atoms with van der Waals surface area (Å²) >= 11 is 0. The van der Waals surface area contributed by atoms with E-state index in [-0.39, 0.29) is 0 Å². The standard InChI is InChI=1S/C28H22F2N4O3/c1-17(20-4-3-19-7-9-37-25(19)12-20)10-18-2-5-24-23(11-18)22(6-8-32-24)27(36)33-15-26(35)34-16-28(29,30)13-21(34)14-31/h2-12,21H,13,15-16H2,1H3,(H,33,36). The van der Waals surface area contributed by atoms with Gasteiger partial charge in [0.15, 0.2) is 0 Å². The van der Waals surface area contributed by atoms with Gasteiger partial charge in [0.25, 0.3) is 11.8 Å². The molecule has 37 heavy (non-hydrogen) atoms. The largest absolute Gasteiger partial charge is 0.464 e. The van der Waals surface area contributed by atoms with E-state index in [1.165, 1.54) is 12.3 Å². The lowest BCUT2D eigenvalue weighted by Crippen LogP contribution is -2.43. The first-order chi connectivity index (χ1) is 17.7. The van der Waals surface area contributed by atoms with E-state index >= 15 is 0 Å². The fourth-order valence-electron chi connectivity index (χ4n) is 4.53. The third kappa shape index (κ3) is 4.91. The summed E-state index contributed by atoms with van der Waals surface area (Å²) in [5.74, 6) is -4.39. The van der Waals surface area contributed by atoms with Gasteiger partial charge < -0.3 is 14.6 Å². The van der Waals surface area contributed by atoms with Crippen LogP contribution in [0.3, 0.4) is 0 Å². The van der Waals surface area contributed by atoms with Gasteiger partial charge in [-0.05, 0) is 54.0 Å². The molecule has 1 atom stereocenters. The second-order valence-corrected chi connectivity index (χ2v) is 9.04. The highest BCUT2D eigenvalue weighted by molar-refractivity contribution is 6.07. The van der Waals surface area contributed by atoms with Crippen LogP contribution in [-0.2, 0) is 4.79 Å². The van der Waals surface area contributed by atoms with Gasteiger partial charge in [0.2, 0.25) is 5.91 Å². The first kappa shape index (κ1) is 24.1. The van der Waals surface area contributed by atoms with Crippen LogP contribution in [-0.4, -0.2) is 46.8 Å². The Bertz CT molecular complexity index is 1600. The molecule has 0 spiro atoms. The van der Waals surface area contributed by atoms with Crippen LogP contribution in [0, 0.1) is 11.3 Å². The van der Waals surface area contributed by atoms with Crippen molar-refractivity contribution in [2.75, 3.05) is 13.1 Å². The number of benzene rings is 2. The number of nitrogens with zero attached hydrogens (tertiary/aromatic N) is 3. The average molecular weight is 501 g/mol. The van der Waals surface area contributed by atoms with E-state index in [0.717, 1.165) is 32.6 Å². The van der Waals surface area contributed by atoms with Crippen molar-refractivity contribution in [3.8, 4) is 6.07 Å². The molecule has 1 unspecified atom stereocenters. The molecule has 0 aliphatic carbocycles. The van der Waals surface area contributed by atoms with Crippen LogP contribution >= 0.6 is 0 Å². The number of halogens is 2. The van der Waals surface area contributed by atoms with Crippen LogP contribution in [0.25, 0.3) is 33.5 Å². The van der Waals surface area contributed by atoms with E-state index in [0.29, 0.717) is 16.5 Å². The SMILES string of the molecule is CC(=Cc1ccc2nccc(C(=O)NCC(=O)N3CC(F)(F)CC3C#N)c2c1)c1ccc2ccoc2c1. The molecule has 9 heteroatoms. The number of allylic oxidation sites excluding steroid dienone is 1. The molecule has 2 aromatic heterocycles. The van der Waals surface area contributed by atoms with Crippen molar-refractivity contribution >= 4 is 45.3 Å². The number of aromatic nitrogens is 1. The minimum atomic E-state index is -3.12. The first-order valence-corrected chi connectivity index (χ1v) is 11.6. The lowest BCUT2D eigenvalue weighted by atomic mass is 10.0. The molecule has 3 heterocycles. The lowest BCUT2D eigenvalue weighted by molar-refractivity contribution is -0.131. The number of alkyl halides is 2. The Morgan fingerprint density at radius 1 is 1.24 bits per heavy atom. The molecule has 186 valence electrons. The molecule has 2 aromatic carbocycles. The maximum absolute atomic E-state index is 13.7. The van der Waals surface area contributed by atoms with E-state index in [9.17, 15) is 18.4 Å². The third-order valence-electron chi connectivity index (χ3n) is 6.44. The highest BCUT2D eigenvalue weighted by atomic mass is 19.3. The Morgan fingerprint density at radius 2 is 2.08 bits per heavy atom. The topological polar surface area (TPSA) is 99.2 Å². The number of likely N-dealkylation sites (tertiary alicyclic amines) is 1. The van der Waals surface area contributed by atoms with Crippen LogP contribution in [0.1, 0.15) is 34.8 Å². The van der Waals surface area contributed by atoms with Gasteiger partial charge in [0, 0.05) is 23.4 Å². The smallest absolute Gasteiger partial charge is 0.268 e. The Kier molecular flexibility index (Phi) is 6.17. The molecule has 1 saturated heterocycles. The maximum atomic E-state index is 13.7. The number of hydrogen-bond acceptors (Lipinski definition) is 5. The van der Waals surface area contributed by atoms with Crippen molar-refractivity contribution in [1.29, 1.82) is 5.26 Å². The summed E-state index contributed by atoms with van der Waals surface area (Å²) in [7, 11) is 0. The number of amides is 2. The Balaban J connectivity index is 1.36. The zero-order valence-corrected chi connectivity index (χ0v) is 19.9. The van der Waals surface area contributed by atoms with Crippen molar-refractivity contribution in [1.82, 2.24) is 15.2 Å². The van der Waals surface area contributed by atoms with Gasteiger partial charge in [0.1, 0.15) is 11.6 Å². The molecule has 4 aromatic rings. The predicted molar refractivity (Wildman–Crippen MR) is 135 cm³/mol. The summed E-state index contributed by atoms with van der Waals surface area (Å²) in [6.45, 7) is 0.651. The summed E-state index contributed by atoms with van der Waals surface area (Å²) in [6.07, 6.45) is 4.41. The molecule has 7 nitrogen and oxygen atoms in total. The van der Waals surface area contributed by atoms with Gasteiger partial charge in [-0.25, -0.2) is 8.78 Å². The van der Waals surface area contributed by atoms with Crippen molar-refractivity contribution in [3.63, 3.8) is 0 Å². The molecule has 1 fully saturated rings. The predicted octanol–water partition coefficient (Wildman–Crippen LogP) is 5.03. The number of furan rings is 1. The van der Waals surface area contributed by atoms with Gasteiger partial charge in [-0.15, -0.1) is 0 Å². The van der Waals surface area contributed by atoms with E-state index in [4.69, 9.17) is 9.68 Å². The summed E-state index contributed by atoms with van der Waals surface area (Å²) < 4.78 is 32.8. The fraction of sp³-hybridized carbons (Fsp3) is 0.214. The number of carbonyl (C=O) groups excluding carboxylic acids is 2. The molecule has 1 aliphatic rings. The van der Waals surface area contributed by atoms with Crippen LogP contribution in [0.15, 0.2) is 65.4 Å². The molecular formula is C28H22F2N4O3. The minimum absolute atomic E-state index is 0.297. The molecule has 2 amide bonds. The van der Waals surface area contributed by atoms with Crippen LogP contribution in [0.5, 0.6) is 0 Å². The minimum Gasteiger partial charge on any atom is -0.464 e. The number of carbonyl (C=O) groups is 2. The third-order valence-corrected chi connectivity index (χ3v) is 6.44. The van der Waals surface area contributed by atoms with E-state index in [2.05, 4.69) is 10.3 Å². The number of hydrogen-bond donors (Lipinski definition) is 1. The fourth-order valence-corrected chi connectivity index (χ4v) is 4.53. The number of fused-ring (bicyclic) bond motifs is 2. The van der Waals surface area contributed by atoms with Gasteiger partial charge in [-0.3, -0.25) is 14.6 Å². The molecule has 1 N–H and O–H groups in total. The van der Waals surface area contributed by atoms with Crippen molar-refractivity contribution in [3.05, 3.63) is 77.7 Å². The zero-order chi connectivity index (χ0) is 26.2. The highest BCUT2D eigenvalue weighted by Crippen LogP contribution is 2.31. The second kappa shape index (κ2) is 9.47. The van der Waals surface area contributed by atoms with Crippen LogP contribution in [0.2, 0.25) is 0 Å². The van der Waals surface area contributed by atoms with Gasteiger partial charge in [0.05, 0.1) is 36.5 Å². The number of nitrogens with one attached hydrogen (secondary N) is 1. The number of nitriles is 1. The van der Waals surface area contributed by atoms with Crippen molar-refractivity contribution in [2.24, 2.45) is 0 Å². The lowest BCUT2D eigenvalue weighted by Gasteiger charge is -2.19. The molecule has 0 bridgehead atoms. The van der Waals surface area contributed by atoms with Crippen LogP contribution < -0.4 is 5.32 Å². The van der Waals surface area contributed by atoms with Crippen molar-refractivity contribution < 1.29 is 22.8 Å². The van der Waals surface area contributed by atoms with E-state index < -0.39 is 43.3 Å². The molecular weight excluding hydrogens is 478 g/mol. The highest BCUT2D eigenvalue weighted by Gasteiger charge is 2.47. The Labute approximate surface area is 211 Å². The summed E-state index contributed by atoms with van der Waals surface area (Å²) in [5.41, 5.74) is 4.51. The number of rotatable bonds is 5. The number of pyridine rings is 1. The second-order valence-electron chi connectivity index (χ2n) is 9.04. The van der Waals surface area contributed by atoms with Gasteiger partial charge in [-0.1, -0.05) is 24.3 Å². The normalized spacial score (nSPS) is 17.2. The van der Waals surface area contributed by atoms with Gasteiger partial charge in [-0.2, -0.15) is 5.26 Å². The zero-order valence-electron chi connectivity index (χ0n) is 19.9. The molecule has 0 radical (unpaired) electrons. The van der Waals surface area contributed by atoms with E-state index in [1.54, 1.807) is 18.4 Å². The maximum Gasteiger partial charge on any atom is 0.268 e. The molecule has 1 aliphatic heterocycles. The van der Waals surface area contributed by atoms with E-state index in [1.807, 2.05) is 49.4 Å². The van der Waals surface area contributed by atoms with Gasteiger partial charge >= 0.3 is 0 Å². The Morgan fingerprint density at radius 3 is 2.89 bits per heavy atom.